The Balaban J connectivity index is 2.49. The van der Waals surface area contributed by atoms with Gasteiger partial charge in [0.25, 0.3) is 0 Å². The van der Waals surface area contributed by atoms with E-state index in [1.165, 1.54) is 6.20 Å². The summed E-state index contributed by atoms with van der Waals surface area (Å²) in [5.74, 6) is -1.33. The van der Waals surface area contributed by atoms with Crippen LogP contribution in [0.4, 0.5) is 19.0 Å². The number of alkyl halides is 3. The molecule has 1 aromatic rings. The number of hydrogen-bond donors (Lipinski definition) is 2. The summed E-state index contributed by atoms with van der Waals surface area (Å²) in [4.78, 5) is 15.9. The van der Waals surface area contributed by atoms with Gasteiger partial charge in [-0.1, -0.05) is 11.6 Å². The van der Waals surface area contributed by atoms with Gasteiger partial charge in [-0.3, -0.25) is 4.79 Å². The molecule has 0 amide bonds. The van der Waals surface area contributed by atoms with Crippen molar-refractivity contribution in [3.63, 3.8) is 0 Å². The third-order valence-corrected chi connectivity index (χ3v) is 3.47. The SMILES string of the molecule is Nc1ncc(Cl)cc1C(=O)C1(C(F)(F)F)CCNC1. The standard InChI is InChI=1S/C11H11ClF3N3O/c12-6-3-7(9(16)18-4-6)8(19)10(11(13,14)15)1-2-17-5-10/h3-4,17H,1-2,5H2,(H2,16,18). The second-order valence-electron chi connectivity index (χ2n) is 4.42. The van der Waals surface area contributed by atoms with Crippen molar-refractivity contribution in [1.82, 2.24) is 10.3 Å². The van der Waals surface area contributed by atoms with Gasteiger partial charge in [0.15, 0.2) is 5.78 Å². The van der Waals surface area contributed by atoms with Crippen LogP contribution in [0.5, 0.6) is 0 Å². The largest absolute Gasteiger partial charge is 0.402 e. The van der Waals surface area contributed by atoms with Gasteiger partial charge in [0.05, 0.1) is 10.6 Å². The minimum absolute atomic E-state index is 0.0702. The molecule has 4 nitrogen and oxygen atoms in total. The third-order valence-electron chi connectivity index (χ3n) is 3.26. The molecule has 3 N–H and O–H groups in total. The zero-order chi connectivity index (χ0) is 14.3. The first-order valence-corrected chi connectivity index (χ1v) is 5.89. The molecule has 0 saturated carbocycles. The lowest BCUT2D eigenvalue weighted by molar-refractivity contribution is -0.197. The first-order valence-electron chi connectivity index (χ1n) is 5.51. The number of rotatable bonds is 2. The Morgan fingerprint density at radius 3 is 2.74 bits per heavy atom. The Morgan fingerprint density at radius 2 is 2.21 bits per heavy atom. The van der Waals surface area contributed by atoms with Crippen molar-refractivity contribution in [2.45, 2.75) is 12.6 Å². The number of anilines is 1. The molecule has 1 atom stereocenters. The Morgan fingerprint density at radius 1 is 1.53 bits per heavy atom. The maximum Gasteiger partial charge on any atom is 0.402 e. The normalized spacial score (nSPS) is 23.6. The van der Waals surface area contributed by atoms with E-state index >= 15 is 0 Å². The molecule has 1 aliphatic rings. The minimum Gasteiger partial charge on any atom is -0.383 e. The van der Waals surface area contributed by atoms with Crippen LogP contribution in [0.15, 0.2) is 12.3 Å². The second kappa shape index (κ2) is 4.64. The number of carbonyl (C=O) groups is 1. The molecule has 1 aromatic heterocycles. The van der Waals surface area contributed by atoms with Crippen molar-refractivity contribution >= 4 is 23.2 Å². The Bertz CT molecular complexity index is 512. The van der Waals surface area contributed by atoms with E-state index in [2.05, 4.69) is 10.3 Å². The minimum atomic E-state index is -4.65. The van der Waals surface area contributed by atoms with Crippen LogP contribution in [0.2, 0.25) is 5.02 Å². The van der Waals surface area contributed by atoms with E-state index in [-0.39, 0.29) is 29.4 Å². The lowest BCUT2D eigenvalue weighted by Crippen LogP contribution is -2.47. The van der Waals surface area contributed by atoms with Gasteiger partial charge in [0.2, 0.25) is 0 Å². The van der Waals surface area contributed by atoms with Crippen LogP contribution < -0.4 is 11.1 Å². The average Bonchev–Trinajstić information content (AvgIpc) is 2.81. The topological polar surface area (TPSA) is 68.0 Å². The van der Waals surface area contributed by atoms with Crippen LogP contribution in [0, 0.1) is 5.41 Å². The Labute approximate surface area is 112 Å². The van der Waals surface area contributed by atoms with Crippen molar-refractivity contribution < 1.29 is 18.0 Å². The summed E-state index contributed by atoms with van der Waals surface area (Å²) < 4.78 is 39.7. The molecule has 104 valence electrons. The lowest BCUT2D eigenvalue weighted by Gasteiger charge is -2.29. The quantitative estimate of drug-likeness (QED) is 0.819. The van der Waals surface area contributed by atoms with E-state index < -0.39 is 23.9 Å². The summed E-state index contributed by atoms with van der Waals surface area (Å²) in [5.41, 5.74) is 2.75. The van der Waals surface area contributed by atoms with Crippen LogP contribution in [-0.4, -0.2) is 30.0 Å². The molecule has 2 heterocycles. The third kappa shape index (κ3) is 2.28. The second-order valence-corrected chi connectivity index (χ2v) is 4.86. The molecular weight excluding hydrogens is 283 g/mol. The molecule has 19 heavy (non-hydrogen) atoms. The predicted molar refractivity (Wildman–Crippen MR) is 64.0 cm³/mol. The van der Waals surface area contributed by atoms with E-state index in [9.17, 15) is 18.0 Å². The van der Waals surface area contributed by atoms with Crippen molar-refractivity contribution in [1.29, 1.82) is 0 Å². The molecular formula is C11H11ClF3N3O. The predicted octanol–water partition coefficient (Wildman–Crippen LogP) is 2.04. The van der Waals surface area contributed by atoms with Crippen molar-refractivity contribution in [2.24, 2.45) is 5.41 Å². The number of carbonyl (C=O) groups excluding carboxylic acids is 1. The molecule has 1 fully saturated rings. The van der Waals surface area contributed by atoms with Crippen LogP contribution in [0.1, 0.15) is 16.8 Å². The average molecular weight is 294 g/mol. The van der Waals surface area contributed by atoms with E-state index in [1.807, 2.05) is 0 Å². The fraction of sp³-hybridized carbons (Fsp3) is 0.455. The number of pyridine rings is 1. The summed E-state index contributed by atoms with van der Waals surface area (Å²) in [6, 6.07) is 1.12. The van der Waals surface area contributed by atoms with Gasteiger partial charge in [0.1, 0.15) is 11.2 Å². The first kappa shape index (κ1) is 14.1. The first-order chi connectivity index (χ1) is 8.78. The summed E-state index contributed by atoms with van der Waals surface area (Å²) in [6.07, 6.45) is -3.79. The summed E-state index contributed by atoms with van der Waals surface area (Å²) in [5, 5.41) is 2.64. The molecule has 1 saturated heterocycles. The Hall–Kier alpha value is -1.34. The molecule has 2 rings (SSSR count). The molecule has 8 heteroatoms. The van der Waals surface area contributed by atoms with Gasteiger partial charge in [-0.2, -0.15) is 13.2 Å². The number of Topliss-reactive ketones (excluding diaryl/α,β-unsaturated/α-hetero) is 1. The van der Waals surface area contributed by atoms with Crippen LogP contribution >= 0.6 is 11.6 Å². The highest BCUT2D eigenvalue weighted by Crippen LogP contribution is 2.45. The zero-order valence-corrected chi connectivity index (χ0v) is 10.5. The molecule has 1 unspecified atom stereocenters. The van der Waals surface area contributed by atoms with Crippen LogP contribution in [0.25, 0.3) is 0 Å². The number of nitrogens with two attached hydrogens (primary N) is 1. The van der Waals surface area contributed by atoms with Gasteiger partial charge in [-0.05, 0) is 19.0 Å². The van der Waals surface area contributed by atoms with Crippen molar-refractivity contribution in [3.8, 4) is 0 Å². The number of nitrogens with one attached hydrogen (secondary N) is 1. The van der Waals surface area contributed by atoms with Crippen LogP contribution in [-0.2, 0) is 0 Å². The number of aromatic nitrogens is 1. The highest BCUT2D eigenvalue weighted by atomic mass is 35.5. The molecule has 0 bridgehead atoms. The van der Waals surface area contributed by atoms with Crippen LogP contribution in [0.3, 0.4) is 0 Å². The lowest BCUT2D eigenvalue weighted by atomic mass is 9.79. The number of nitrogens with zero attached hydrogens (tertiary/aromatic N) is 1. The number of nitrogen functional groups attached to an aromatic ring is 1. The molecule has 0 aromatic carbocycles. The number of hydrogen-bond acceptors (Lipinski definition) is 4. The van der Waals surface area contributed by atoms with Gasteiger partial charge >= 0.3 is 6.18 Å². The van der Waals surface area contributed by atoms with Gasteiger partial charge < -0.3 is 11.1 Å². The monoisotopic (exact) mass is 293 g/mol. The summed E-state index contributed by atoms with van der Waals surface area (Å²) in [6.45, 7) is -0.333. The van der Waals surface area contributed by atoms with E-state index in [4.69, 9.17) is 17.3 Å². The maximum absolute atomic E-state index is 13.2. The fourth-order valence-electron chi connectivity index (χ4n) is 2.15. The van der Waals surface area contributed by atoms with E-state index in [1.54, 1.807) is 0 Å². The smallest absolute Gasteiger partial charge is 0.383 e. The molecule has 1 aliphatic heterocycles. The molecule has 0 aliphatic carbocycles. The van der Waals surface area contributed by atoms with Gasteiger partial charge in [0, 0.05) is 12.7 Å². The summed E-state index contributed by atoms with van der Waals surface area (Å²) >= 11 is 5.66. The van der Waals surface area contributed by atoms with Crippen molar-refractivity contribution in [2.75, 3.05) is 18.8 Å². The van der Waals surface area contributed by atoms with Gasteiger partial charge in [-0.15, -0.1) is 0 Å². The number of ketones is 1. The zero-order valence-electron chi connectivity index (χ0n) is 9.72. The molecule has 0 spiro atoms. The number of halogens is 4. The molecule has 0 radical (unpaired) electrons. The highest BCUT2D eigenvalue weighted by molar-refractivity contribution is 6.31. The van der Waals surface area contributed by atoms with Gasteiger partial charge in [-0.25, -0.2) is 4.98 Å². The van der Waals surface area contributed by atoms with E-state index in [0.29, 0.717) is 0 Å². The summed E-state index contributed by atoms with van der Waals surface area (Å²) in [7, 11) is 0. The van der Waals surface area contributed by atoms with Crippen molar-refractivity contribution in [3.05, 3.63) is 22.8 Å². The fourth-order valence-corrected chi connectivity index (χ4v) is 2.30. The maximum atomic E-state index is 13.2. The highest BCUT2D eigenvalue weighted by Gasteiger charge is 2.61. The Kier molecular flexibility index (Phi) is 3.44. The van der Waals surface area contributed by atoms with E-state index in [0.717, 1.165) is 6.07 Å².